The predicted octanol–water partition coefficient (Wildman–Crippen LogP) is 3.28. The van der Waals surface area contributed by atoms with Gasteiger partial charge in [0.25, 0.3) is 0 Å². The molecule has 0 saturated heterocycles. The van der Waals surface area contributed by atoms with Crippen LogP contribution in [0.15, 0.2) is 30.3 Å². The summed E-state index contributed by atoms with van der Waals surface area (Å²) in [6.45, 7) is 6.12. The quantitative estimate of drug-likeness (QED) is 0.442. The molecule has 0 unspecified atom stereocenters. The molecule has 2 heteroatoms. The molecule has 16 heavy (non-hydrogen) atoms. The second-order valence-electron chi connectivity index (χ2n) is 2.68. The van der Waals surface area contributed by atoms with Crippen molar-refractivity contribution in [2.24, 2.45) is 0 Å². The lowest BCUT2D eigenvalue weighted by Gasteiger charge is -2.01. The lowest BCUT2D eigenvalue weighted by atomic mass is 10.2. The average molecular weight is 218 g/mol. The van der Waals surface area contributed by atoms with Crippen LogP contribution in [0.25, 0.3) is 0 Å². The minimum absolute atomic E-state index is 0.288. The molecule has 0 aliphatic rings. The Morgan fingerprint density at radius 1 is 1.25 bits per heavy atom. The molecule has 0 fully saturated rings. The molecule has 0 aromatic heterocycles. The third kappa shape index (κ3) is 5.87. The van der Waals surface area contributed by atoms with Crippen molar-refractivity contribution in [1.82, 2.24) is 0 Å². The van der Waals surface area contributed by atoms with Crippen molar-refractivity contribution in [1.29, 1.82) is 0 Å². The van der Waals surface area contributed by atoms with E-state index in [9.17, 15) is 4.79 Å². The molecule has 2 nitrogen and oxygen atoms in total. The van der Waals surface area contributed by atoms with Gasteiger partial charge in [0.05, 0.1) is 5.56 Å². The first-order valence-electron chi connectivity index (χ1n) is 5.46. The van der Waals surface area contributed by atoms with Crippen molar-refractivity contribution in [3.05, 3.63) is 35.9 Å². The molecule has 0 atom stereocenters. The summed E-state index contributed by atoms with van der Waals surface area (Å²) < 4.78 is 4.99. The molecule has 1 rings (SSSR count). The number of esters is 1. The summed E-state index contributed by atoms with van der Waals surface area (Å²) >= 11 is 0. The lowest BCUT2D eigenvalue weighted by molar-refractivity contribution is 0.0513. The van der Waals surface area contributed by atoms with Gasteiger partial charge in [0.15, 0.2) is 0 Å². The van der Waals surface area contributed by atoms with Crippen molar-refractivity contribution in [3.8, 4) is 11.8 Å². The van der Waals surface area contributed by atoms with Crippen molar-refractivity contribution in [3.63, 3.8) is 0 Å². The van der Waals surface area contributed by atoms with Crippen molar-refractivity contribution in [2.45, 2.75) is 27.2 Å². The highest BCUT2D eigenvalue weighted by atomic mass is 16.5. The fourth-order valence-electron chi connectivity index (χ4n) is 0.977. The van der Waals surface area contributed by atoms with Crippen LogP contribution in [-0.4, -0.2) is 12.6 Å². The molecular weight excluding hydrogens is 200 g/mol. The fourth-order valence-corrected chi connectivity index (χ4v) is 0.977. The molecule has 0 N–H and O–H groups in total. The van der Waals surface area contributed by atoms with E-state index in [-0.39, 0.29) is 5.97 Å². The van der Waals surface area contributed by atoms with E-state index >= 15 is 0 Å². The van der Waals surface area contributed by atoms with E-state index in [1.165, 1.54) is 0 Å². The van der Waals surface area contributed by atoms with Crippen LogP contribution in [0.2, 0.25) is 0 Å². The Balaban J connectivity index is 0.00000106. The Morgan fingerprint density at radius 3 is 2.44 bits per heavy atom. The number of hydrogen-bond donors (Lipinski definition) is 0. The first-order chi connectivity index (χ1) is 7.84. The standard InChI is InChI=1S/C12H12O2.C2H6/c1-2-3-7-10-14-12(13)11-8-5-4-6-9-11;1-2/h4-6,8-9H,7,10H2,1H3;1-2H3. The Kier molecular flexibility index (Phi) is 8.72. The topological polar surface area (TPSA) is 26.3 Å². The van der Waals surface area contributed by atoms with E-state index < -0.39 is 0 Å². The minimum Gasteiger partial charge on any atom is -0.461 e. The molecule has 0 heterocycles. The van der Waals surface area contributed by atoms with Gasteiger partial charge in [-0.3, -0.25) is 0 Å². The van der Waals surface area contributed by atoms with E-state index in [0.29, 0.717) is 18.6 Å². The number of carbonyl (C=O) groups excluding carboxylic acids is 1. The van der Waals surface area contributed by atoms with Crippen LogP contribution >= 0.6 is 0 Å². The highest BCUT2D eigenvalue weighted by Crippen LogP contribution is 2.00. The van der Waals surface area contributed by atoms with E-state index in [1.54, 1.807) is 19.1 Å². The zero-order valence-electron chi connectivity index (χ0n) is 10.1. The normalized spacial score (nSPS) is 7.94. The Labute approximate surface area is 97.6 Å². The first-order valence-corrected chi connectivity index (χ1v) is 5.46. The second kappa shape index (κ2) is 9.79. The van der Waals surface area contributed by atoms with Crippen LogP contribution in [0.3, 0.4) is 0 Å². The van der Waals surface area contributed by atoms with Gasteiger partial charge < -0.3 is 4.74 Å². The summed E-state index contributed by atoms with van der Waals surface area (Å²) in [7, 11) is 0. The minimum atomic E-state index is -0.288. The zero-order valence-corrected chi connectivity index (χ0v) is 10.1. The molecule has 86 valence electrons. The number of benzene rings is 1. The Morgan fingerprint density at radius 2 is 1.88 bits per heavy atom. The van der Waals surface area contributed by atoms with Crippen molar-refractivity contribution in [2.75, 3.05) is 6.61 Å². The summed E-state index contributed by atoms with van der Waals surface area (Å²) in [4.78, 5) is 11.3. The summed E-state index contributed by atoms with van der Waals surface area (Å²) in [5, 5.41) is 0. The molecule has 0 spiro atoms. The van der Waals surface area contributed by atoms with Gasteiger partial charge in [0.2, 0.25) is 0 Å². The van der Waals surface area contributed by atoms with Gasteiger partial charge in [-0.05, 0) is 19.1 Å². The molecule has 0 bridgehead atoms. The van der Waals surface area contributed by atoms with Crippen LogP contribution in [0.5, 0.6) is 0 Å². The van der Waals surface area contributed by atoms with Gasteiger partial charge in [-0.25, -0.2) is 4.79 Å². The molecule has 1 aromatic rings. The van der Waals surface area contributed by atoms with E-state index in [0.717, 1.165) is 0 Å². The average Bonchev–Trinajstić information content (AvgIpc) is 2.38. The van der Waals surface area contributed by atoms with E-state index in [1.807, 2.05) is 32.0 Å². The lowest BCUT2D eigenvalue weighted by Crippen LogP contribution is -2.05. The zero-order chi connectivity index (χ0) is 12.2. The summed E-state index contributed by atoms with van der Waals surface area (Å²) in [5.74, 6) is 5.28. The van der Waals surface area contributed by atoms with E-state index in [4.69, 9.17) is 4.74 Å². The highest BCUT2D eigenvalue weighted by molar-refractivity contribution is 5.89. The third-order valence-corrected chi connectivity index (χ3v) is 1.65. The largest absolute Gasteiger partial charge is 0.461 e. The third-order valence-electron chi connectivity index (χ3n) is 1.65. The number of ether oxygens (including phenoxy) is 1. The fraction of sp³-hybridized carbons (Fsp3) is 0.357. The maximum atomic E-state index is 11.3. The van der Waals surface area contributed by atoms with Crippen LogP contribution in [0.4, 0.5) is 0 Å². The first kappa shape index (κ1) is 14.2. The number of rotatable bonds is 3. The van der Waals surface area contributed by atoms with Gasteiger partial charge in [-0.2, -0.15) is 0 Å². The maximum absolute atomic E-state index is 11.3. The van der Waals surface area contributed by atoms with Crippen LogP contribution in [-0.2, 0) is 4.74 Å². The molecule has 0 radical (unpaired) electrons. The van der Waals surface area contributed by atoms with Gasteiger partial charge in [-0.15, -0.1) is 11.8 Å². The molecule has 0 aliphatic heterocycles. The smallest absolute Gasteiger partial charge is 0.338 e. The van der Waals surface area contributed by atoms with Gasteiger partial charge >= 0.3 is 5.97 Å². The molecule has 0 aliphatic carbocycles. The molecule has 1 aromatic carbocycles. The number of hydrogen-bond acceptors (Lipinski definition) is 2. The van der Waals surface area contributed by atoms with Crippen LogP contribution in [0, 0.1) is 11.8 Å². The van der Waals surface area contributed by atoms with Crippen LogP contribution in [0.1, 0.15) is 37.6 Å². The van der Waals surface area contributed by atoms with E-state index in [2.05, 4.69) is 11.8 Å². The van der Waals surface area contributed by atoms with Crippen molar-refractivity contribution < 1.29 is 9.53 Å². The molecule has 0 saturated carbocycles. The second-order valence-corrected chi connectivity index (χ2v) is 2.68. The summed E-state index contributed by atoms with van der Waals surface area (Å²) in [5.41, 5.74) is 0.581. The highest BCUT2D eigenvalue weighted by Gasteiger charge is 2.03. The van der Waals surface area contributed by atoms with Crippen molar-refractivity contribution >= 4 is 5.97 Å². The Bertz CT molecular complexity index is 344. The molecular formula is C14H18O2. The monoisotopic (exact) mass is 218 g/mol. The SMILES string of the molecule is CC.CC#CCCOC(=O)c1ccccc1. The maximum Gasteiger partial charge on any atom is 0.338 e. The van der Waals surface area contributed by atoms with Crippen LogP contribution < -0.4 is 0 Å². The summed E-state index contributed by atoms with van der Waals surface area (Å²) in [6.07, 6.45) is 0.592. The van der Waals surface area contributed by atoms with Gasteiger partial charge in [-0.1, -0.05) is 32.0 Å². The molecule has 0 amide bonds. The predicted molar refractivity (Wildman–Crippen MR) is 66.1 cm³/mol. The van der Waals surface area contributed by atoms with Gasteiger partial charge in [0, 0.05) is 6.42 Å². The Hall–Kier alpha value is -1.75. The number of carbonyl (C=O) groups is 1. The summed E-state index contributed by atoms with van der Waals surface area (Å²) in [6, 6.07) is 8.94. The van der Waals surface area contributed by atoms with Gasteiger partial charge in [0.1, 0.15) is 6.61 Å².